The summed E-state index contributed by atoms with van der Waals surface area (Å²) in [5.41, 5.74) is 0. The molecule has 10 heteroatoms. The number of allylic oxidation sites excluding steroid dienone is 7. The first-order valence-electron chi connectivity index (χ1n) is 24.0. The summed E-state index contributed by atoms with van der Waals surface area (Å²) in [6, 6.07) is -0.997. The molecule has 7 N–H and O–H groups in total. The van der Waals surface area contributed by atoms with E-state index in [4.69, 9.17) is 9.47 Å². The molecule has 1 heterocycles. The Morgan fingerprint density at radius 1 is 0.610 bits per heavy atom. The van der Waals surface area contributed by atoms with Gasteiger partial charge in [-0.05, 0) is 57.8 Å². The normalized spacial score (nSPS) is 21.7. The van der Waals surface area contributed by atoms with Gasteiger partial charge in [0.25, 0.3) is 0 Å². The minimum atomic E-state index is -1.62. The van der Waals surface area contributed by atoms with Gasteiger partial charge in [-0.25, -0.2) is 0 Å². The fraction of sp³-hybridized carbons (Fsp3) is 0.816. The minimum absolute atomic E-state index is 0.302. The predicted octanol–water partition coefficient (Wildman–Crippen LogP) is 9.20. The van der Waals surface area contributed by atoms with Crippen LogP contribution in [-0.2, 0) is 14.3 Å². The number of hydrogen-bond acceptors (Lipinski definition) is 9. The van der Waals surface area contributed by atoms with Crippen LogP contribution in [0.25, 0.3) is 0 Å². The number of aliphatic hydroxyl groups excluding tert-OH is 6. The summed E-state index contributed by atoms with van der Waals surface area (Å²) >= 11 is 0. The van der Waals surface area contributed by atoms with E-state index in [9.17, 15) is 35.4 Å². The SMILES string of the molecule is CC/C=C\C/C=C\CCCCCCCCCCCCCCCC(O)C(=O)NC(COC1OC(CO)C(O)C(O)C1O)C(O)/C=C/CC/C=C/CCCCCCCCCC. The molecule has 1 amide bonds. The van der Waals surface area contributed by atoms with Crippen LogP contribution in [-0.4, -0.2) is 98.7 Å². The molecule has 10 nitrogen and oxygen atoms in total. The van der Waals surface area contributed by atoms with Crippen LogP contribution in [0.1, 0.15) is 194 Å². The third kappa shape index (κ3) is 29.1. The molecular weight excluding hydrogens is 747 g/mol. The van der Waals surface area contributed by atoms with Gasteiger partial charge >= 0.3 is 0 Å². The minimum Gasteiger partial charge on any atom is -0.394 e. The standard InChI is InChI=1S/C49H89NO9/c1-3-5-7-9-11-13-15-17-19-20-21-22-23-24-26-28-30-32-34-36-38-43(53)48(57)50-41(40-58-49-47(56)46(55)45(54)44(39-51)59-49)42(52)37-35-33-31-29-27-25-18-16-14-12-10-8-6-4-2/h5,7,11,13,27,29,35,37,41-47,49,51-56H,3-4,6,8-10,12,14-26,28,30-34,36,38-40H2,1-2H3,(H,50,57)/b7-5-,13-11-,29-27+,37-35+. The highest BCUT2D eigenvalue weighted by atomic mass is 16.7. The zero-order valence-corrected chi connectivity index (χ0v) is 37.4. The number of hydrogen-bond donors (Lipinski definition) is 7. The second-order valence-corrected chi connectivity index (χ2v) is 16.7. The van der Waals surface area contributed by atoms with Crippen LogP contribution in [0.5, 0.6) is 0 Å². The van der Waals surface area contributed by atoms with E-state index in [1.807, 2.05) is 6.08 Å². The molecule has 0 radical (unpaired) electrons. The quantitative estimate of drug-likeness (QED) is 0.0236. The maximum absolute atomic E-state index is 13.0. The van der Waals surface area contributed by atoms with E-state index in [2.05, 4.69) is 55.6 Å². The molecule has 0 aromatic heterocycles. The zero-order chi connectivity index (χ0) is 43.2. The first kappa shape index (κ1) is 55.1. The molecule has 1 aliphatic rings. The molecule has 1 rings (SSSR count). The second-order valence-electron chi connectivity index (χ2n) is 16.7. The van der Waals surface area contributed by atoms with Crippen molar-refractivity contribution in [3.63, 3.8) is 0 Å². The molecule has 0 aromatic rings. The number of ether oxygens (including phenoxy) is 2. The van der Waals surface area contributed by atoms with Gasteiger partial charge in [0.15, 0.2) is 6.29 Å². The summed E-state index contributed by atoms with van der Waals surface area (Å²) in [6.45, 7) is 3.48. The molecule has 8 unspecified atom stereocenters. The predicted molar refractivity (Wildman–Crippen MR) is 241 cm³/mol. The monoisotopic (exact) mass is 836 g/mol. The van der Waals surface area contributed by atoms with Crippen LogP contribution < -0.4 is 5.32 Å². The van der Waals surface area contributed by atoms with Crippen molar-refractivity contribution in [2.75, 3.05) is 13.2 Å². The molecule has 1 saturated heterocycles. The molecule has 1 fully saturated rings. The van der Waals surface area contributed by atoms with E-state index in [1.54, 1.807) is 6.08 Å². The van der Waals surface area contributed by atoms with E-state index < -0.39 is 61.5 Å². The number of amides is 1. The Bertz CT molecular complexity index is 1080. The van der Waals surface area contributed by atoms with Crippen LogP contribution in [0.3, 0.4) is 0 Å². The van der Waals surface area contributed by atoms with Gasteiger partial charge in [0.05, 0.1) is 25.4 Å². The first-order valence-corrected chi connectivity index (χ1v) is 24.0. The van der Waals surface area contributed by atoms with Gasteiger partial charge in [0.1, 0.15) is 30.5 Å². The van der Waals surface area contributed by atoms with Gasteiger partial charge < -0.3 is 45.4 Å². The average Bonchev–Trinajstić information content (AvgIpc) is 3.23. The van der Waals surface area contributed by atoms with Crippen molar-refractivity contribution in [1.29, 1.82) is 0 Å². The molecule has 0 aliphatic carbocycles. The average molecular weight is 836 g/mol. The van der Waals surface area contributed by atoms with Crippen molar-refractivity contribution < 1.29 is 44.9 Å². The molecule has 344 valence electrons. The summed E-state index contributed by atoms with van der Waals surface area (Å²) < 4.78 is 11.1. The molecule has 59 heavy (non-hydrogen) atoms. The first-order chi connectivity index (χ1) is 28.8. The number of nitrogens with one attached hydrogen (secondary N) is 1. The Balaban J connectivity index is 2.38. The van der Waals surface area contributed by atoms with E-state index in [1.165, 1.54) is 116 Å². The van der Waals surface area contributed by atoms with Crippen molar-refractivity contribution in [1.82, 2.24) is 5.32 Å². The fourth-order valence-electron chi connectivity index (χ4n) is 7.33. The van der Waals surface area contributed by atoms with E-state index in [0.717, 1.165) is 44.9 Å². The summed E-state index contributed by atoms with van der Waals surface area (Å²) in [6.07, 6.45) is 39.1. The van der Waals surface area contributed by atoms with Crippen LogP contribution >= 0.6 is 0 Å². The number of carbonyl (C=O) groups is 1. The summed E-state index contributed by atoms with van der Waals surface area (Å²) in [7, 11) is 0. The molecule has 0 spiro atoms. The molecule has 0 saturated carbocycles. The van der Waals surface area contributed by atoms with Gasteiger partial charge in [-0.15, -0.1) is 0 Å². The van der Waals surface area contributed by atoms with Gasteiger partial charge in [-0.3, -0.25) is 4.79 Å². The van der Waals surface area contributed by atoms with Gasteiger partial charge in [-0.2, -0.15) is 0 Å². The lowest BCUT2D eigenvalue weighted by Gasteiger charge is -2.40. The van der Waals surface area contributed by atoms with Crippen molar-refractivity contribution >= 4 is 5.91 Å². The molecular formula is C49H89NO9. The smallest absolute Gasteiger partial charge is 0.249 e. The molecule has 0 bridgehead atoms. The fourth-order valence-corrected chi connectivity index (χ4v) is 7.33. The lowest BCUT2D eigenvalue weighted by atomic mass is 9.99. The van der Waals surface area contributed by atoms with Gasteiger partial charge in [-0.1, -0.05) is 184 Å². The number of carbonyl (C=O) groups excluding carboxylic acids is 1. The lowest BCUT2D eigenvalue weighted by molar-refractivity contribution is -0.302. The largest absolute Gasteiger partial charge is 0.394 e. The summed E-state index contributed by atoms with van der Waals surface area (Å²) in [5.74, 6) is -0.629. The summed E-state index contributed by atoms with van der Waals surface area (Å²) in [4.78, 5) is 13.0. The van der Waals surface area contributed by atoms with Crippen molar-refractivity contribution in [2.24, 2.45) is 0 Å². The molecule has 1 aliphatic heterocycles. The van der Waals surface area contributed by atoms with Crippen LogP contribution in [0, 0.1) is 0 Å². The number of aliphatic hydroxyl groups is 6. The third-order valence-electron chi connectivity index (χ3n) is 11.2. The second kappa shape index (κ2) is 39.0. The van der Waals surface area contributed by atoms with Crippen molar-refractivity contribution in [2.45, 2.75) is 243 Å². The van der Waals surface area contributed by atoms with E-state index in [0.29, 0.717) is 19.3 Å². The van der Waals surface area contributed by atoms with E-state index >= 15 is 0 Å². The summed E-state index contributed by atoms with van der Waals surface area (Å²) in [5, 5.41) is 64.7. The van der Waals surface area contributed by atoms with Gasteiger partial charge in [0.2, 0.25) is 5.91 Å². The van der Waals surface area contributed by atoms with E-state index in [-0.39, 0.29) is 6.61 Å². The van der Waals surface area contributed by atoms with Crippen LogP contribution in [0.15, 0.2) is 48.6 Å². The maximum atomic E-state index is 13.0. The lowest BCUT2D eigenvalue weighted by Crippen LogP contribution is -2.60. The maximum Gasteiger partial charge on any atom is 0.249 e. The Labute approximate surface area is 359 Å². The number of rotatable bonds is 39. The highest BCUT2D eigenvalue weighted by Crippen LogP contribution is 2.23. The Morgan fingerprint density at radius 3 is 1.66 bits per heavy atom. The van der Waals surface area contributed by atoms with Crippen molar-refractivity contribution in [3.8, 4) is 0 Å². The highest BCUT2D eigenvalue weighted by molar-refractivity contribution is 5.80. The Hall–Kier alpha value is -1.89. The third-order valence-corrected chi connectivity index (χ3v) is 11.2. The molecule has 0 aromatic carbocycles. The Kier molecular flexibility index (Phi) is 36.4. The topological polar surface area (TPSA) is 169 Å². The molecule has 8 atom stereocenters. The van der Waals surface area contributed by atoms with Gasteiger partial charge in [0, 0.05) is 0 Å². The van der Waals surface area contributed by atoms with Crippen LogP contribution in [0.4, 0.5) is 0 Å². The zero-order valence-electron chi connectivity index (χ0n) is 37.4. The Morgan fingerprint density at radius 2 is 1.10 bits per heavy atom. The highest BCUT2D eigenvalue weighted by Gasteiger charge is 2.44. The van der Waals surface area contributed by atoms with Crippen LogP contribution in [0.2, 0.25) is 0 Å². The number of unbranched alkanes of at least 4 members (excludes halogenated alkanes) is 22. The van der Waals surface area contributed by atoms with Crippen molar-refractivity contribution in [3.05, 3.63) is 48.6 Å².